The molecule has 20 heavy (non-hydrogen) atoms. The Morgan fingerprint density at radius 1 is 1.45 bits per heavy atom. The molecule has 2 atom stereocenters. The SMILES string of the molecule is CC(C)(C)OC(=O)N1Cc2ccccc2C2CC21C#N. The van der Waals surface area contributed by atoms with Gasteiger partial charge in [-0.1, -0.05) is 24.3 Å². The molecule has 2 unspecified atom stereocenters. The maximum atomic E-state index is 12.4. The van der Waals surface area contributed by atoms with Crippen molar-refractivity contribution in [2.45, 2.75) is 50.8 Å². The zero-order chi connectivity index (χ0) is 14.5. The fourth-order valence-electron chi connectivity index (χ4n) is 2.98. The van der Waals surface area contributed by atoms with Crippen LogP contribution in [0.15, 0.2) is 24.3 Å². The van der Waals surface area contributed by atoms with Crippen molar-refractivity contribution < 1.29 is 9.53 Å². The molecule has 1 aliphatic heterocycles. The van der Waals surface area contributed by atoms with E-state index in [0.717, 1.165) is 5.56 Å². The quantitative estimate of drug-likeness (QED) is 0.727. The number of rotatable bonds is 0. The summed E-state index contributed by atoms with van der Waals surface area (Å²) in [5.41, 5.74) is 1.08. The molecule has 104 valence electrons. The summed E-state index contributed by atoms with van der Waals surface area (Å²) in [6.07, 6.45) is 0.316. The van der Waals surface area contributed by atoms with Crippen LogP contribution in [0, 0.1) is 11.3 Å². The molecule has 0 spiro atoms. The minimum atomic E-state index is -0.698. The molecule has 0 aromatic heterocycles. The molecule has 0 saturated heterocycles. The average molecular weight is 270 g/mol. The minimum absolute atomic E-state index is 0.130. The third-order valence-corrected chi connectivity index (χ3v) is 3.98. The van der Waals surface area contributed by atoms with Gasteiger partial charge in [0.15, 0.2) is 0 Å². The predicted molar refractivity (Wildman–Crippen MR) is 73.9 cm³/mol. The number of hydrogen-bond donors (Lipinski definition) is 0. The predicted octanol–water partition coefficient (Wildman–Crippen LogP) is 3.19. The zero-order valence-corrected chi connectivity index (χ0v) is 12.0. The lowest BCUT2D eigenvalue weighted by Crippen LogP contribution is -2.46. The van der Waals surface area contributed by atoms with Crippen molar-refractivity contribution in [3.63, 3.8) is 0 Å². The highest BCUT2D eigenvalue weighted by Crippen LogP contribution is 2.59. The van der Waals surface area contributed by atoms with Gasteiger partial charge in [0.1, 0.15) is 11.1 Å². The van der Waals surface area contributed by atoms with E-state index in [0.29, 0.717) is 13.0 Å². The van der Waals surface area contributed by atoms with Crippen LogP contribution in [0.4, 0.5) is 4.79 Å². The molecule has 4 heteroatoms. The Balaban J connectivity index is 1.94. The van der Waals surface area contributed by atoms with Crippen molar-refractivity contribution in [3.05, 3.63) is 35.4 Å². The summed E-state index contributed by atoms with van der Waals surface area (Å²) in [7, 11) is 0. The number of nitriles is 1. The van der Waals surface area contributed by atoms with Crippen LogP contribution < -0.4 is 0 Å². The van der Waals surface area contributed by atoms with Gasteiger partial charge in [0, 0.05) is 5.92 Å². The fraction of sp³-hybridized carbons (Fsp3) is 0.500. The summed E-state index contributed by atoms with van der Waals surface area (Å²) in [5, 5.41) is 9.54. The topological polar surface area (TPSA) is 53.3 Å². The highest BCUT2D eigenvalue weighted by atomic mass is 16.6. The van der Waals surface area contributed by atoms with Gasteiger partial charge in [0.2, 0.25) is 0 Å². The Labute approximate surface area is 118 Å². The van der Waals surface area contributed by atoms with E-state index in [1.807, 2.05) is 39.0 Å². The maximum Gasteiger partial charge on any atom is 0.411 e. The molecule has 1 amide bonds. The molecule has 0 N–H and O–H groups in total. The zero-order valence-electron chi connectivity index (χ0n) is 12.0. The van der Waals surface area contributed by atoms with E-state index in [4.69, 9.17) is 4.74 Å². The second-order valence-corrected chi connectivity index (χ2v) is 6.56. The standard InChI is InChI=1S/C16H18N2O2/c1-15(2,3)20-14(19)18-9-11-6-4-5-7-12(11)13-8-16(13,18)10-17/h4-7,13H,8-9H2,1-3H3. The molecular formula is C16H18N2O2. The van der Waals surface area contributed by atoms with Crippen molar-refractivity contribution in [3.8, 4) is 6.07 Å². The molecule has 1 heterocycles. The second-order valence-electron chi connectivity index (χ2n) is 6.56. The lowest BCUT2D eigenvalue weighted by atomic mass is 9.95. The van der Waals surface area contributed by atoms with Crippen LogP contribution >= 0.6 is 0 Å². The Bertz CT molecular complexity index is 612. The van der Waals surface area contributed by atoms with E-state index in [1.54, 1.807) is 4.90 Å². The summed E-state index contributed by atoms with van der Waals surface area (Å²) in [6.45, 7) is 5.97. The molecular weight excluding hydrogens is 252 g/mol. The van der Waals surface area contributed by atoms with Crippen molar-refractivity contribution in [1.29, 1.82) is 5.26 Å². The Kier molecular flexibility index (Phi) is 2.59. The van der Waals surface area contributed by atoms with E-state index in [2.05, 4.69) is 12.1 Å². The van der Waals surface area contributed by atoms with Gasteiger partial charge in [0.25, 0.3) is 0 Å². The molecule has 1 saturated carbocycles. The Morgan fingerprint density at radius 3 is 2.80 bits per heavy atom. The molecule has 0 radical (unpaired) electrons. The Hall–Kier alpha value is -2.02. The molecule has 1 aromatic carbocycles. The minimum Gasteiger partial charge on any atom is -0.444 e. The largest absolute Gasteiger partial charge is 0.444 e. The number of benzene rings is 1. The number of fused-ring (bicyclic) bond motifs is 3. The molecule has 1 aromatic rings. The second kappa shape index (κ2) is 3.99. The van der Waals surface area contributed by atoms with Gasteiger partial charge in [-0.15, -0.1) is 0 Å². The van der Waals surface area contributed by atoms with E-state index in [1.165, 1.54) is 5.56 Å². The lowest BCUT2D eigenvalue weighted by molar-refractivity contribution is 0.0143. The molecule has 1 fully saturated rings. The van der Waals surface area contributed by atoms with Crippen molar-refractivity contribution in [1.82, 2.24) is 4.90 Å². The molecule has 1 aliphatic carbocycles. The van der Waals surface area contributed by atoms with E-state index >= 15 is 0 Å². The van der Waals surface area contributed by atoms with Crippen molar-refractivity contribution in [2.24, 2.45) is 0 Å². The molecule has 0 bridgehead atoms. The number of carbonyl (C=O) groups is 1. The van der Waals surface area contributed by atoms with E-state index in [-0.39, 0.29) is 5.92 Å². The smallest absolute Gasteiger partial charge is 0.411 e. The first kappa shape index (κ1) is 13.0. The highest BCUT2D eigenvalue weighted by Gasteiger charge is 2.64. The number of carbonyl (C=O) groups excluding carboxylic acids is 1. The summed E-state index contributed by atoms with van der Waals surface area (Å²) in [4.78, 5) is 14.0. The van der Waals surface area contributed by atoms with Gasteiger partial charge in [-0.3, -0.25) is 4.90 Å². The number of ether oxygens (including phenoxy) is 1. The van der Waals surface area contributed by atoms with Gasteiger partial charge >= 0.3 is 6.09 Å². The van der Waals surface area contributed by atoms with Crippen molar-refractivity contribution >= 4 is 6.09 Å². The monoisotopic (exact) mass is 270 g/mol. The Morgan fingerprint density at radius 2 is 2.15 bits per heavy atom. The van der Waals surface area contributed by atoms with Gasteiger partial charge in [-0.05, 0) is 38.3 Å². The number of nitrogens with zero attached hydrogens (tertiary/aromatic N) is 2. The van der Waals surface area contributed by atoms with Crippen LogP contribution in [0.2, 0.25) is 0 Å². The van der Waals surface area contributed by atoms with Crippen LogP contribution in [0.5, 0.6) is 0 Å². The van der Waals surface area contributed by atoms with Crippen LogP contribution in [0.1, 0.15) is 44.2 Å². The summed E-state index contributed by atoms with van der Waals surface area (Å²) >= 11 is 0. The van der Waals surface area contributed by atoms with Crippen LogP contribution in [0.25, 0.3) is 0 Å². The van der Waals surface area contributed by atoms with Crippen LogP contribution in [-0.2, 0) is 11.3 Å². The lowest BCUT2D eigenvalue weighted by Gasteiger charge is -2.34. The third kappa shape index (κ3) is 1.85. The first-order chi connectivity index (χ1) is 9.37. The van der Waals surface area contributed by atoms with Crippen LogP contribution in [-0.4, -0.2) is 22.1 Å². The third-order valence-electron chi connectivity index (χ3n) is 3.98. The van der Waals surface area contributed by atoms with Crippen molar-refractivity contribution in [2.75, 3.05) is 0 Å². The fourth-order valence-corrected chi connectivity index (χ4v) is 2.98. The molecule has 2 aliphatic rings. The average Bonchev–Trinajstić information content (AvgIpc) is 3.12. The number of hydrogen-bond acceptors (Lipinski definition) is 3. The van der Waals surface area contributed by atoms with Crippen LogP contribution in [0.3, 0.4) is 0 Å². The van der Waals surface area contributed by atoms with E-state index < -0.39 is 17.2 Å². The van der Waals surface area contributed by atoms with Gasteiger partial charge < -0.3 is 4.74 Å². The normalized spacial score (nSPS) is 27.1. The summed E-state index contributed by atoms with van der Waals surface area (Å²) < 4.78 is 5.45. The maximum absolute atomic E-state index is 12.4. The van der Waals surface area contributed by atoms with Gasteiger partial charge in [-0.25, -0.2) is 4.79 Å². The molecule has 4 nitrogen and oxygen atoms in total. The van der Waals surface area contributed by atoms with Gasteiger partial charge in [0.05, 0.1) is 12.6 Å². The van der Waals surface area contributed by atoms with E-state index in [9.17, 15) is 10.1 Å². The van der Waals surface area contributed by atoms with Gasteiger partial charge in [-0.2, -0.15) is 5.26 Å². The first-order valence-electron chi connectivity index (χ1n) is 6.87. The summed E-state index contributed by atoms with van der Waals surface area (Å²) in [6, 6.07) is 10.4. The molecule has 3 rings (SSSR count). The first-order valence-corrected chi connectivity index (χ1v) is 6.87. The summed E-state index contributed by atoms with van der Waals surface area (Å²) in [5.74, 6) is 0.130. The highest BCUT2D eigenvalue weighted by molar-refractivity contribution is 5.73. The number of amides is 1.